The third-order valence-electron chi connectivity index (χ3n) is 2.74. The van der Waals surface area contributed by atoms with Gasteiger partial charge in [-0.15, -0.1) is 0 Å². The normalized spacial score (nSPS) is 10.2. The Bertz CT molecular complexity index is 172. The molecular formula is C14H31N3. The van der Waals surface area contributed by atoms with E-state index in [9.17, 15) is 0 Å². The Balaban J connectivity index is 4.70. The predicted molar refractivity (Wildman–Crippen MR) is 77.7 cm³/mol. The van der Waals surface area contributed by atoms with Gasteiger partial charge in [-0.1, -0.05) is 27.7 Å². The summed E-state index contributed by atoms with van der Waals surface area (Å²) >= 11 is 0. The van der Waals surface area contributed by atoms with Crippen LogP contribution in [0.4, 0.5) is 0 Å². The van der Waals surface area contributed by atoms with E-state index >= 15 is 0 Å². The molecule has 0 saturated carbocycles. The summed E-state index contributed by atoms with van der Waals surface area (Å²) in [4.78, 5) is 9.40. The van der Waals surface area contributed by atoms with Gasteiger partial charge in [0.25, 0.3) is 0 Å². The fourth-order valence-electron chi connectivity index (χ4n) is 2.19. The largest absolute Gasteiger partial charge is 0.343 e. The molecule has 0 saturated heterocycles. The molecular weight excluding hydrogens is 210 g/mol. The summed E-state index contributed by atoms with van der Waals surface area (Å²) in [7, 11) is 1.92. The first-order valence-corrected chi connectivity index (χ1v) is 7.21. The molecule has 0 aromatic rings. The zero-order valence-corrected chi connectivity index (χ0v) is 12.5. The smallest absolute Gasteiger partial charge is 0.196 e. The standard InChI is InChI=1S/C14H31N3/c1-6-10-16(11-7-2)14(15-5)17(12-8-3)13-9-4/h6-13H2,1-5H3. The Kier molecular flexibility index (Phi) is 9.98. The molecule has 3 nitrogen and oxygen atoms in total. The molecule has 0 bridgehead atoms. The lowest BCUT2D eigenvalue weighted by Crippen LogP contribution is -2.45. The molecule has 102 valence electrons. The van der Waals surface area contributed by atoms with E-state index in [1.54, 1.807) is 0 Å². The fourth-order valence-corrected chi connectivity index (χ4v) is 2.19. The van der Waals surface area contributed by atoms with E-state index in [-0.39, 0.29) is 0 Å². The molecule has 0 spiro atoms. The molecule has 0 aliphatic carbocycles. The van der Waals surface area contributed by atoms with Crippen LogP contribution in [-0.2, 0) is 0 Å². The molecule has 0 aromatic carbocycles. The molecule has 17 heavy (non-hydrogen) atoms. The van der Waals surface area contributed by atoms with Gasteiger partial charge < -0.3 is 9.80 Å². The Morgan fingerprint density at radius 1 is 0.706 bits per heavy atom. The lowest BCUT2D eigenvalue weighted by molar-refractivity contribution is 0.313. The summed E-state index contributed by atoms with van der Waals surface area (Å²) < 4.78 is 0. The molecule has 0 aliphatic heterocycles. The molecule has 0 amide bonds. The minimum Gasteiger partial charge on any atom is -0.343 e. The van der Waals surface area contributed by atoms with Gasteiger partial charge >= 0.3 is 0 Å². The zero-order valence-electron chi connectivity index (χ0n) is 12.5. The van der Waals surface area contributed by atoms with E-state index < -0.39 is 0 Å². The van der Waals surface area contributed by atoms with Crippen LogP contribution in [0.2, 0.25) is 0 Å². The lowest BCUT2D eigenvalue weighted by Gasteiger charge is -2.34. The number of nitrogens with zero attached hydrogens (tertiary/aromatic N) is 3. The summed E-state index contributed by atoms with van der Waals surface area (Å²) in [5.74, 6) is 1.19. The minimum atomic E-state index is 1.12. The van der Waals surface area contributed by atoms with Crippen LogP contribution < -0.4 is 0 Å². The van der Waals surface area contributed by atoms with Crippen molar-refractivity contribution in [3.05, 3.63) is 0 Å². The number of hydrogen-bond acceptors (Lipinski definition) is 1. The molecule has 0 heterocycles. The van der Waals surface area contributed by atoms with Crippen LogP contribution in [0.25, 0.3) is 0 Å². The first-order chi connectivity index (χ1) is 8.24. The van der Waals surface area contributed by atoms with Crippen LogP contribution in [0.5, 0.6) is 0 Å². The van der Waals surface area contributed by atoms with Gasteiger partial charge in [-0.2, -0.15) is 0 Å². The maximum absolute atomic E-state index is 4.53. The van der Waals surface area contributed by atoms with Crippen molar-refractivity contribution in [2.45, 2.75) is 53.4 Å². The number of rotatable bonds is 8. The van der Waals surface area contributed by atoms with Crippen molar-refractivity contribution in [3.8, 4) is 0 Å². The Morgan fingerprint density at radius 2 is 1.00 bits per heavy atom. The van der Waals surface area contributed by atoms with Crippen molar-refractivity contribution in [1.82, 2.24) is 9.80 Å². The lowest BCUT2D eigenvalue weighted by atomic mass is 10.3. The summed E-state index contributed by atoms with van der Waals surface area (Å²) in [6, 6.07) is 0. The highest BCUT2D eigenvalue weighted by Gasteiger charge is 2.15. The second-order valence-corrected chi connectivity index (χ2v) is 4.50. The molecule has 0 rings (SSSR count). The fraction of sp³-hybridized carbons (Fsp3) is 0.929. The van der Waals surface area contributed by atoms with E-state index in [4.69, 9.17) is 0 Å². The molecule has 3 heteroatoms. The molecule has 0 atom stereocenters. The van der Waals surface area contributed by atoms with Crippen LogP contribution in [-0.4, -0.2) is 49.0 Å². The van der Waals surface area contributed by atoms with Gasteiger partial charge in [-0.25, -0.2) is 0 Å². The average molecular weight is 241 g/mol. The highest BCUT2D eigenvalue weighted by Crippen LogP contribution is 2.04. The van der Waals surface area contributed by atoms with E-state index in [2.05, 4.69) is 42.5 Å². The average Bonchev–Trinajstić information content (AvgIpc) is 2.31. The monoisotopic (exact) mass is 241 g/mol. The maximum Gasteiger partial charge on any atom is 0.196 e. The van der Waals surface area contributed by atoms with Crippen LogP contribution >= 0.6 is 0 Å². The summed E-state index contributed by atoms with van der Waals surface area (Å²) in [5, 5.41) is 0. The second-order valence-electron chi connectivity index (χ2n) is 4.50. The first kappa shape index (κ1) is 16.3. The van der Waals surface area contributed by atoms with E-state index in [1.165, 1.54) is 31.6 Å². The van der Waals surface area contributed by atoms with Gasteiger partial charge in [-0.3, -0.25) is 4.99 Å². The molecule has 0 N–H and O–H groups in total. The third kappa shape index (κ3) is 5.94. The summed E-state index contributed by atoms with van der Waals surface area (Å²) in [6.07, 6.45) is 4.74. The van der Waals surface area contributed by atoms with Gasteiger partial charge in [0.1, 0.15) is 0 Å². The number of hydrogen-bond donors (Lipinski definition) is 0. The Hall–Kier alpha value is -0.730. The molecule has 0 aromatic heterocycles. The highest BCUT2D eigenvalue weighted by molar-refractivity contribution is 5.80. The predicted octanol–water partition coefficient (Wildman–Crippen LogP) is 3.22. The van der Waals surface area contributed by atoms with E-state index in [1.807, 2.05) is 7.05 Å². The second kappa shape index (κ2) is 10.4. The molecule has 0 fully saturated rings. The quantitative estimate of drug-likeness (QED) is 0.480. The van der Waals surface area contributed by atoms with E-state index in [0.29, 0.717) is 0 Å². The molecule has 0 radical (unpaired) electrons. The van der Waals surface area contributed by atoms with Gasteiger partial charge in [0.05, 0.1) is 0 Å². The van der Waals surface area contributed by atoms with Crippen LogP contribution in [0.1, 0.15) is 53.4 Å². The SMILES string of the molecule is CCCN(CCC)C(=NC)N(CCC)CCC. The van der Waals surface area contributed by atoms with Gasteiger partial charge in [0.15, 0.2) is 5.96 Å². The first-order valence-electron chi connectivity index (χ1n) is 7.21. The van der Waals surface area contributed by atoms with Crippen LogP contribution in [0.15, 0.2) is 4.99 Å². The van der Waals surface area contributed by atoms with Crippen molar-refractivity contribution in [3.63, 3.8) is 0 Å². The van der Waals surface area contributed by atoms with Crippen molar-refractivity contribution < 1.29 is 0 Å². The third-order valence-corrected chi connectivity index (χ3v) is 2.74. The maximum atomic E-state index is 4.53. The van der Waals surface area contributed by atoms with Gasteiger partial charge in [-0.05, 0) is 25.7 Å². The van der Waals surface area contributed by atoms with Crippen molar-refractivity contribution in [2.24, 2.45) is 4.99 Å². The number of guanidine groups is 1. The summed E-state index contributed by atoms with van der Waals surface area (Å²) in [6.45, 7) is 13.4. The van der Waals surface area contributed by atoms with Crippen LogP contribution in [0, 0.1) is 0 Å². The number of aliphatic imine (C=N–C) groups is 1. The summed E-state index contributed by atoms with van der Waals surface area (Å²) in [5.41, 5.74) is 0. The van der Waals surface area contributed by atoms with Crippen molar-refractivity contribution >= 4 is 5.96 Å². The van der Waals surface area contributed by atoms with Crippen molar-refractivity contribution in [2.75, 3.05) is 33.2 Å². The van der Waals surface area contributed by atoms with Crippen molar-refractivity contribution in [1.29, 1.82) is 0 Å². The van der Waals surface area contributed by atoms with Crippen LogP contribution in [0.3, 0.4) is 0 Å². The Labute approximate surface area is 108 Å². The molecule has 0 aliphatic rings. The van der Waals surface area contributed by atoms with E-state index in [0.717, 1.165) is 26.2 Å². The zero-order chi connectivity index (χ0) is 13.1. The Morgan fingerprint density at radius 3 is 1.18 bits per heavy atom. The van der Waals surface area contributed by atoms with Gasteiger partial charge in [0, 0.05) is 33.2 Å². The molecule has 0 unspecified atom stereocenters. The minimum absolute atomic E-state index is 1.12. The topological polar surface area (TPSA) is 18.8 Å². The van der Waals surface area contributed by atoms with Gasteiger partial charge in [0.2, 0.25) is 0 Å². The highest BCUT2D eigenvalue weighted by atomic mass is 15.4.